The van der Waals surface area contributed by atoms with E-state index in [0.717, 1.165) is 37.7 Å². The number of fused-ring (bicyclic) bond motifs is 1. The van der Waals surface area contributed by atoms with E-state index in [4.69, 9.17) is 4.74 Å². The fourth-order valence-electron chi connectivity index (χ4n) is 3.64. The summed E-state index contributed by atoms with van der Waals surface area (Å²) in [6.07, 6.45) is 4.61. The molecule has 2 aliphatic heterocycles. The van der Waals surface area contributed by atoms with Gasteiger partial charge < -0.3 is 15.4 Å². The SMILES string of the molecule is CNCCC1CCN(CC(=O)NCC2Cc3ccccc3O2)CC1. The number of carbonyl (C=O) groups is 1. The molecule has 1 unspecified atom stereocenters. The molecule has 2 aliphatic rings. The number of para-hydroxylation sites is 1. The highest BCUT2D eigenvalue weighted by Gasteiger charge is 2.24. The van der Waals surface area contributed by atoms with Gasteiger partial charge in [0.05, 0.1) is 13.1 Å². The zero-order valence-electron chi connectivity index (χ0n) is 14.6. The van der Waals surface area contributed by atoms with Crippen LogP contribution in [0.2, 0.25) is 0 Å². The molecule has 5 nitrogen and oxygen atoms in total. The van der Waals surface area contributed by atoms with E-state index in [9.17, 15) is 4.79 Å². The third kappa shape index (κ3) is 4.71. The highest BCUT2D eigenvalue weighted by atomic mass is 16.5. The van der Waals surface area contributed by atoms with Crippen molar-refractivity contribution in [2.45, 2.75) is 31.8 Å². The van der Waals surface area contributed by atoms with Gasteiger partial charge in [-0.3, -0.25) is 9.69 Å². The highest BCUT2D eigenvalue weighted by molar-refractivity contribution is 5.78. The van der Waals surface area contributed by atoms with E-state index in [1.165, 1.54) is 24.8 Å². The Bertz CT molecular complexity index is 516. The summed E-state index contributed by atoms with van der Waals surface area (Å²) >= 11 is 0. The van der Waals surface area contributed by atoms with E-state index in [2.05, 4.69) is 21.6 Å². The molecule has 1 aromatic carbocycles. The van der Waals surface area contributed by atoms with Crippen LogP contribution >= 0.6 is 0 Å². The standard InChI is InChI=1S/C19H29N3O2/c1-20-9-6-15-7-10-22(11-8-15)14-19(23)21-13-17-12-16-4-2-3-5-18(16)24-17/h2-5,15,17,20H,6-14H2,1H3,(H,21,23). The van der Waals surface area contributed by atoms with E-state index in [0.29, 0.717) is 13.1 Å². The van der Waals surface area contributed by atoms with Crippen molar-refractivity contribution in [2.24, 2.45) is 5.92 Å². The van der Waals surface area contributed by atoms with Crippen LogP contribution in [0.1, 0.15) is 24.8 Å². The summed E-state index contributed by atoms with van der Waals surface area (Å²) in [5.74, 6) is 1.88. The number of ether oxygens (including phenoxy) is 1. The lowest BCUT2D eigenvalue weighted by Gasteiger charge is -2.31. The fraction of sp³-hybridized carbons (Fsp3) is 0.632. The zero-order valence-corrected chi connectivity index (χ0v) is 14.6. The molecule has 132 valence electrons. The number of hydrogen-bond acceptors (Lipinski definition) is 4. The molecule has 3 rings (SSSR count). The minimum atomic E-state index is 0.0682. The van der Waals surface area contributed by atoms with Gasteiger partial charge in [0.15, 0.2) is 0 Å². The van der Waals surface area contributed by atoms with Crippen molar-refractivity contribution in [2.75, 3.05) is 39.8 Å². The van der Waals surface area contributed by atoms with Gasteiger partial charge in [-0.1, -0.05) is 18.2 Å². The van der Waals surface area contributed by atoms with Crippen LogP contribution in [0, 0.1) is 5.92 Å². The summed E-state index contributed by atoms with van der Waals surface area (Å²) in [6.45, 7) is 4.26. The van der Waals surface area contributed by atoms with E-state index in [1.54, 1.807) is 0 Å². The number of hydrogen-bond donors (Lipinski definition) is 2. The zero-order chi connectivity index (χ0) is 16.8. The molecule has 0 spiro atoms. The molecule has 1 atom stereocenters. The number of nitrogens with one attached hydrogen (secondary N) is 2. The van der Waals surface area contributed by atoms with E-state index >= 15 is 0 Å². The largest absolute Gasteiger partial charge is 0.488 e. The van der Waals surface area contributed by atoms with Gasteiger partial charge in [0.1, 0.15) is 11.9 Å². The molecule has 1 fully saturated rings. The molecule has 0 saturated carbocycles. The number of likely N-dealkylation sites (tertiary alicyclic amines) is 1. The van der Waals surface area contributed by atoms with Gasteiger partial charge in [-0.05, 0) is 63.5 Å². The molecule has 1 saturated heterocycles. The van der Waals surface area contributed by atoms with Crippen LogP contribution in [0.5, 0.6) is 5.75 Å². The molecule has 24 heavy (non-hydrogen) atoms. The third-order valence-electron chi connectivity index (χ3n) is 5.12. The monoisotopic (exact) mass is 331 g/mol. The lowest BCUT2D eigenvalue weighted by atomic mass is 9.93. The van der Waals surface area contributed by atoms with Crippen LogP contribution in [-0.4, -0.2) is 56.7 Å². The number of amides is 1. The summed E-state index contributed by atoms with van der Waals surface area (Å²) in [5, 5.41) is 6.26. The molecule has 0 bridgehead atoms. The first kappa shape index (κ1) is 17.2. The molecular formula is C19H29N3O2. The Labute approximate surface area is 144 Å². The summed E-state index contributed by atoms with van der Waals surface area (Å²) in [5.41, 5.74) is 1.24. The second-order valence-electron chi connectivity index (χ2n) is 6.97. The Morgan fingerprint density at radius 1 is 1.29 bits per heavy atom. The van der Waals surface area contributed by atoms with Crippen molar-refractivity contribution in [3.63, 3.8) is 0 Å². The van der Waals surface area contributed by atoms with Gasteiger partial charge in [0.2, 0.25) is 5.91 Å². The normalized spacial score (nSPS) is 21.3. The van der Waals surface area contributed by atoms with Crippen LogP contribution in [0.3, 0.4) is 0 Å². The molecule has 2 heterocycles. The van der Waals surface area contributed by atoms with E-state index in [1.807, 2.05) is 25.2 Å². The quantitative estimate of drug-likeness (QED) is 0.794. The Kier molecular flexibility index (Phi) is 6.10. The summed E-state index contributed by atoms with van der Waals surface area (Å²) in [7, 11) is 2.01. The Morgan fingerprint density at radius 2 is 2.08 bits per heavy atom. The second-order valence-corrected chi connectivity index (χ2v) is 6.97. The van der Waals surface area contributed by atoms with Crippen molar-refractivity contribution in [3.8, 4) is 5.75 Å². The Balaban J connectivity index is 1.33. The number of carbonyl (C=O) groups excluding carboxylic acids is 1. The average molecular weight is 331 g/mol. The van der Waals surface area contributed by atoms with Gasteiger partial charge in [0, 0.05) is 6.42 Å². The summed E-state index contributed by atoms with van der Waals surface area (Å²) in [6, 6.07) is 8.11. The topological polar surface area (TPSA) is 53.6 Å². The van der Waals surface area contributed by atoms with Crippen LogP contribution < -0.4 is 15.4 Å². The van der Waals surface area contributed by atoms with Gasteiger partial charge >= 0.3 is 0 Å². The fourth-order valence-corrected chi connectivity index (χ4v) is 3.64. The maximum atomic E-state index is 12.2. The van der Waals surface area contributed by atoms with Gasteiger partial charge in [-0.2, -0.15) is 0 Å². The summed E-state index contributed by atoms with van der Waals surface area (Å²) in [4.78, 5) is 14.4. The first-order valence-corrected chi connectivity index (χ1v) is 9.13. The number of rotatable bonds is 7. The number of nitrogens with zero attached hydrogens (tertiary/aromatic N) is 1. The third-order valence-corrected chi connectivity index (χ3v) is 5.12. The van der Waals surface area contributed by atoms with Crippen molar-refractivity contribution in [1.82, 2.24) is 15.5 Å². The lowest BCUT2D eigenvalue weighted by Crippen LogP contribution is -2.44. The predicted molar refractivity (Wildman–Crippen MR) is 95.3 cm³/mol. The van der Waals surface area contributed by atoms with Crippen LogP contribution in [0.15, 0.2) is 24.3 Å². The number of benzene rings is 1. The molecule has 1 amide bonds. The first-order valence-electron chi connectivity index (χ1n) is 9.13. The van der Waals surface area contributed by atoms with E-state index < -0.39 is 0 Å². The highest BCUT2D eigenvalue weighted by Crippen LogP contribution is 2.27. The Morgan fingerprint density at radius 3 is 2.83 bits per heavy atom. The predicted octanol–water partition coefficient (Wildman–Crippen LogP) is 1.43. The molecule has 2 N–H and O–H groups in total. The van der Waals surface area contributed by atoms with Crippen molar-refractivity contribution < 1.29 is 9.53 Å². The lowest BCUT2D eigenvalue weighted by molar-refractivity contribution is -0.122. The van der Waals surface area contributed by atoms with Crippen molar-refractivity contribution in [1.29, 1.82) is 0 Å². The van der Waals surface area contributed by atoms with Crippen LogP contribution in [0.25, 0.3) is 0 Å². The van der Waals surface area contributed by atoms with Gasteiger partial charge in [0.25, 0.3) is 0 Å². The van der Waals surface area contributed by atoms with Gasteiger partial charge in [-0.25, -0.2) is 0 Å². The van der Waals surface area contributed by atoms with Crippen molar-refractivity contribution >= 4 is 5.91 Å². The Hall–Kier alpha value is -1.59. The summed E-state index contributed by atoms with van der Waals surface area (Å²) < 4.78 is 5.86. The maximum Gasteiger partial charge on any atom is 0.234 e. The van der Waals surface area contributed by atoms with Crippen LogP contribution in [0.4, 0.5) is 0 Å². The minimum absolute atomic E-state index is 0.0682. The van der Waals surface area contributed by atoms with E-state index in [-0.39, 0.29) is 12.0 Å². The molecular weight excluding hydrogens is 302 g/mol. The minimum Gasteiger partial charge on any atom is -0.488 e. The molecule has 0 aliphatic carbocycles. The van der Waals surface area contributed by atoms with Gasteiger partial charge in [-0.15, -0.1) is 0 Å². The molecule has 0 aromatic heterocycles. The molecule has 1 aromatic rings. The first-order chi connectivity index (χ1) is 11.7. The molecule has 0 radical (unpaired) electrons. The smallest absolute Gasteiger partial charge is 0.234 e. The van der Waals surface area contributed by atoms with Crippen molar-refractivity contribution in [3.05, 3.63) is 29.8 Å². The van der Waals surface area contributed by atoms with Crippen LogP contribution in [-0.2, 0) is 11.2 Å². The molecule has 5 heteroatoms. The second kappa shape index (κ2) is 8.49. The average Bonchev–Trinajstić information content (AvgIpc) is 3.02. The maximum absolute atomic E-state index is 12.2. The number of piperidine rings is 1.